The lowest BCUT2D eigenvalue weighted by atomic mass is 10.1. The van der Waals surface area contributed by atoms with E-state index in [4.69, 9.17) is 9.41 Å². The van der Waals surface area contributed by atoms with Gasteiger partial charge in [0.05, 0.1) is 11.4 Å². The summed E-state index contributed by atoms with van der Waals surface area (Å²) in [5, 5.41) is 3.49. The number of aromatic nitrogens is 1. The minimum absolute atomic E-state index is 0.519. The van der Waals surface area contributed by atoms with Gasteiger partial charge in [0.15, 0.2) is 11.5 Å². The Morgan fingerprint density at radius 1 is 1.26 bits per heavy atom. The Morgan fingerprint density at radius 2 is 2.19 bits per heavy atom. The maximum absolute atomic E-state index is 5.66. The summed E-state index contributed by atoms with van der Waals surface area (Å²) in [5.41, 5.74) is 5.00. The minimum atomic E-state index is 0.519. The summed E-state index contributed by atoms with van der Waals surface area (Å²) in [6.45, 7) is 8.02. The van der Waals surface area contributed by atoms with Gasteiger partial charge in [-0.2, -0.15) is 0 Å². The zero-order chi connectivity index (χ0) is 18.4. The third-order valence-corrected chi connectivity index (χ3v) is 5.23. The number of oxazole rings is 1. The van der Waals surface area contributed by atoms with Gasteiger partial charge in [-0.15, -0.1) is 0 Å². The van der Waals surface area contributed by atoms with Crippen molar-refractivity contribution in [2.75, 3.05) is 26.2 Å². The molecule has 0 saturated carbocycles. The fourth-order valence-corrected chi connectivity index (χ4v) is 3.86. The molecule has 1 aromatic carbocycles. The van der Waals surface area contributed by atoms with E-state index in [1.54, 1.807) is 0 Å². The van der Waals surface area contributed by atoms with Crippen LogP contribution in [0.4, 0.5) is 0 Å². The maximum atomic E-state index is 5.66. The molecule has 0 bridgehead atoms. The number of rotatable bonds is 2. The third-order valence-electron chi connectivity index (χ3n) is 5.23. The largest absolute Gasteiger partial charge is 0.441 e. The number of benzene rings is 1. The second-order valence-electron chi connectivity index (χ2n) is 7.32. The fraction of sp³-hybridized carbons (Fsp3) is 0.333. The number of aliphatic imine (C=N–C) groups is 1. The molecule has 0 unspecified atom stereocenters. The van der Waals surface area contributed by atoms with Gasteiger partial charge in [0, 0.05) is 50.9 Å². The van der Waals surface area contributed by atoms with Crippen molar-refractivity contribution >= 4 is 22.6 Å². The predicted molar refractivity (Wildman–Crippen MR) is 107 cm³/mol. The van der Waals surface area contributed by atoms with Crippen molar-refractivity contribution < 1.29 is 4.42 Å². The summed E-state index contributed by atoms with van der Waals surface area (Å²) < 4.78 is 5.66. The first-order chi connectivity index (χ1) is 13.2. The second kappa shape index (κ2) is 6.39. The smallest absolute Gasteiger partial charge is 0.192 e. The molecule has 5 rings (SSSR count). The van der Waals surface area contributed by atoms with E-state index in [-0.39, 0.29) is 0 Å². The van der Waals surface area contributed by atoms with E-state index >= 15 is 0 Å². The lowest BCUT2D eigenvalue weighted by Gasteiger charge is -2.37. The van der Waals surface area contributed by atoms with Crippen molar-refractivity contribution in [1.29, 1.82) is 0 Å². The predicted octanol–water partition coefficient (Wildman–Crippen LogP) is 2.90. The summed E-state index contributed by atoms with van der Waals surface area (Å²) in [7, 11) is 0. The maximum Gasteiger partial charge on any atom is 0.192 e. The zero-order valence-corrected chi connectivity index (χ0v) is 15.6. The van der Waals surface area contributed by atoms with E-state index in [0.29, 0.717) is 11.9 Å². The van der Waals surface area contributed by atoms with Gasteiger partial charge in [-0.3, -0.25) is 0 Å². The SMILES string of the molecule is Cc1nc2ccc(C3=CCN4C=C(N5CCN[C@@H](C)C5)C=CC4=N3)cc2o1. The molecule has 3 aliphatic heterocycles. The molecule has 0 spiro atoms. The fourth-order valence-electron chi connectivity index (χ4n) is 3.86. The molecule has 1 aromatic heterocycles. The number of hydrogen-bond acceptors (Lipinski definition) is 6. The summed E-state index contributed by atoms with van der Waals surface area (Å²) in [6, 6.07) is 6.60. The van der Waals surface area contributed by atoms with Crippen molar-refractivity contribution in [3.8, 4) is 0 Å². The molecular weight excluding hydrogens is 338 g/mol. The summed E-state index contributed by atoms with van der Waals surface area (Å²) in [5.74, 6) is 1.67. The topological polar surface area (TPSA) is 56.9 Å². The van der Waals surface area contributed by atoms with Gasteiger partial charge >= 0.3 is 0 Å². The van der Waals surface area contributed by atoms with Crippen LogP contribution < -0.4 is 5.32 Å². The van der Waals surface area contributed by atoms with E-state index in [1.165, 1.54) is 5.70 Å². The first kappa shape index (κ1) is 16.3. The molecule has 2 aromatic rings. The molecule has 4 heterocycles. The number of allylic oxidation sites excluding steroid dienone is 1. The average Bonchev–Trinajstić information content (AvgIpc) is 3.06. The Balaban J connectivity index is 1.38. The van der Waals surface area contributed by atoms with Crippen LogP contribution in [0.2, 0.25) is 0 Å². The quantitative estimate of drug-likeness (QED) is 0.891. The van der Waals surface area contributed by atoms with Crippen LogP contribution in [0, 0.1) is 6.92 Å². The molecule has 138 valence electrons. The van der Waals surface area contributed by atoms with Crippen LogP contribution in [0.1, 0.15) is 18.4 Å². The Labute approximate surface area is 158 Å². The minimum Gasteiger partial charge on any atom is -0.441 e. The second-order valence-corrected chi connectivity index (χ2v) is 7.32. The van der Waals surface area contributed by atoms with Crippen LogP contribution in [-0.4, -0.2) is 52.8 Å². The average molecular weight is 361 g/mol. The van der Waals surface area contributed by atoms with Gasteiger partial charge in [0.2, 0.25) is 0 Å². The van der Waals surface area contributed by atoms with Crippen LogP contribution in [0.25, 0.3) is 16.8 Å². The van der Waals surface area contributed by atoms with Crippen LogP contribution in [0.3, 0.4) is 0 Å². The molecule has 0 amide bonds. The van der Waals surface area contributed by atoms with E-state index in [2.05, 4.69) is 57.5 Å². The zero-order valence-electron chi connectivity index (χ0n) is 15.6. The van der Waals surface area contributed by atoms with Crippen molar-refractivity contribution in [3.63, 3.8) is 0 Å². The van der Waals surface area contributed by atoms with Crippen LogP contribution in [0.5, 0.6) is 0 Å². The molecule has 1 saturated heterocycles. The Morgan fingerprint density at radius 3 is 3.07 bits per heavy atom. The Bertz CT molecular complexity index is 1010. The monoisotopic (exact) mass is 361 g/mol. The van der Waals surface area contributed by atoms with Crippen molar-refractivity contribution in [2.45, 2.75) is 19.9 Å². The third kappa shape index (κ3) is 3.06. The Kier molecular flexibility index (Phi) is 3.86. The number of hydrogen-bond donors (Lipinski definition) is 1. The molecule has 0 aliphatic carbocycles. The number of amidine groups is 1. The number of aryl methyl sites for hydroxylation is 1. The number of nitrogens with zero attached hydrogens (tertiary/aromatic N) is 4. The number of fused-ring (bicyclic) bond motifs is 2. The van der Waals surface area contributed by atoms with E-state index in [9.17, 15) is 0 Å². The molecule has 1 N–H and O–H groups in total. The van der Waals surface area contributed by atoms with E-state index < -0.39 is 0 Å². The molecule has 1 atom stereocenters. The molecule has 1 fully saturated rings. The van der Waals surface area contributed by atoms with Gasteiger partial charge in [0.25, 0.3) is 0 Å². The van der Waals surface area contributed by atoms with E-state index in [1.807, 2.05) is 19.1 Å². The summed E-state index contributed by atoms with van der Waals surface area (Å²) in [6.07, 6.45) is 8.68. The first-order valence-corrected chi connectivity index (χ1v) is 9.47. The van der Waals surface area contributed by atoms with Gasteiger partial charge in [-0.1, -0.05) is 6.07 Å². The van der Waals surface area contributed by atoms with Gasteiger partial charge in [-0.05, 0) is 37.3 Å². The van der Waals surface area contributed by atoms with Gasteiger partial charge < -0.3 is 19.5 Å². The first-order valence-electron chi connectivity index (χ1n) is 9.47. The van der Waals surface area contributed by atoms with E-state index in [0.717, 1.165) is 54.4 Å². The standard InChI is InChI=1S/C21H23N5O/c1-14-12-25(10-8-22-14)17-4-6-21-24-18(7-9-26(21)13-17)16-3-5-19-20(11-16)27-15(2)23-19/h3-7,11,13-14,22H,8-10,12H2,1-2H3/t14-/m0/s1. The highest BCUT2D eigenvalue weighted by molar-refractivity contribution is 6.00. The van der Waals surface area contributed by atoms with Crippen LogP contribution in [0.15, 0.2) is 57.7 Å². The molecule has 3 aliphatic rings. The van der Waals surface area contributed by atoms with Crippen molar-refractivity contribution in [2.24, 2.45) is 4.99 Å². The normalized spacial score (nSPS) is 22.4. The molecule has 6 heteroatoms. The van der Waals surface area contributed by atoms with Crippen LogP contribution in [-0.2, 0) is 0 Å². The molecule has 27 heavy (non-hydrogen) atoms. The molecule has 0 radical (unpaired) electrons. The molecule has 6 nitrogen and oxygen atoms in total. The lowest BCUT2D eigenvalue weighted by molar-refractivity contribution is 0.258. The Hall–Kier alpha value is -2.86. The number of nitrogens with one attached hydrogen (secondary N) is 1. The highest BCUT2D eigenvalue weighted by atomic mass is 16.3. The molecular formula is C21H23N5O. The lowest BCUT2D eigenvalue weighted by Crippen LogP contribution is -2.49. The summed E-state index contributed by atoms with van der Waals surface area (Å²) >= 11 is 0. The van der Waals surface area contributed by atoms with Crippen molar-refractivity contribution in [1.82, 2.24) is 20.1 Å². The summed E-state index contributed by atoms with van der Waals surface area (Å²) in [4.78, 5) is 13.9. The number of piperazine rings is 1. The van der Waals surface area contributed by atoms with Crippen LogP contribution >= 0.6 is 0 Å². The van der Waals surface area contributed by atoms with Gasteiger partial charge in [0.1, 0.15) is 11.4 Å². The van der Waals surface area contributed by atoms with Crippen molar-refractivity contribution in [3.05, 3.63) is 59.8 Å². The highest BCUT2D eigenvalue weighted by Gasteiger charge is 2.22. The highest BCUT2D eigenvalue weighted by Crippen LogP contribution is 2.27. The van der Waals surface area contributed by atoms with Gasteiger partial charge in [-0.25, -0.2) is 9.98 Å².